The molecule has 18 heavy (non-hydrogen) atoms. The highest BCUT2D eigenvalue weighted by Crippen LogP contribution is 2.29. The van der Waals surface area contributed by atoms with Crippen LogP contribution in [0.25, 0.3) is 0 Å². The Morgan fingerprint density at radius 2 is 2.22 bits per heavy atom. The van der Waals surface area contributed by atoms with Crippen molar-refractivity contribution in [2.75, 3.05) is 6.54 Å². The highest BCUT2D eigenvalue weighted by atomic mass is 79.9. The van der Waals surface area contributed by atoms with Crippen molar-refractivity contribution < 1.29 is 8.81 Å². The summed E-state index contributed by atoms with van der Waals surface area (Å²) in [5.74, 6) is 0.540. The Labute approximate surface area is 114 Å². The maximum atomic E-state index is 13.4. The van der Waals surface area contributed by atoms with Gasteiger partial charge in [0.2, 0.25) is 0 Å². The molecule has 0 aliphatic heterocycles. The minimum absolute atomic E-state index is 0.134. The maximum Gasteiger partial charge on any atom is 0.125 e. The van der Waals surface area contributed by atoms with Crippen LogP contribution in [0.3, 0.4) is 0 Å². The van der Waals surface area contributed by atoms with Crippen LogP contribution in [0, 0.1) is 5.82 Å². The van der Waals surface area contributed by atoms with Crippen molar-refractivity contribution in [1.29, 1.82) is 0 Å². The summed E-state index contributed by atoms with van der Waals surface area (Å²) in [6.07, 6.45) is 2.63. The SMILES string of the molecule is CCCNC(c1ccco1)c1cc(F)ccc1Br. The molecule has 0 saturated carbocycles. The monoisotopic (exact) mass is 311 g/mol. The van der Waals surface area contributed by atoms with Gasteiger partial charge in [-0.25, -0.2) is 4.39 Å². The van der Waals surface area contributed by atoms with E-state index in [0.717, 1.165) is 28.8 Å². The molecule has 0 bridgehead atoms. The van der Waals surface area contributed by atoms with E-state index in [9.17, 15) is 4.39 Å². The standard InChI is InChI=1S/C14H15BrFNO/c1-2-7-17-14(13-4-3-8-18-13)11-9-10(16)5-6-12(11)15/h3-6,8-9,14,17H,2,7H2,1H3. The van der Waals surface area contributed by atoms with Gasteiger partial charge in [0, 0.05) is 4.47 Å². The zero-order valence-corrected chi connectivity index (χ0v) is 11.7. The van der Waals surface area contributed by atoms with E-state index < -0.39 is 0 Å². The predicted octanol–water partition coefficient (Wildman–Crippen LogP) is 4.27. The Kier molecular flexibility index (Phi) is 4.55. The van der Waals surface area contributed by atoms with Crippen LogP contribution in [0.4, 0.5) is 4.39 Å². The van der Waals surface area contributed by atoms with Crippen molar-refractivity contribution in [3.05, 3.63) is 58.2 Å². The van der Waals surface area contributed by atoms with Gasteiger partial charge in [-0.15, -0.1) is 0 Å². The quantitative estimate of drug-likeness (QED) is 0.892. The van der Waals surface area contributed by atoms with Crippen LogP contribution in [-0.2, 0) is 0 Å². The smallest absolute Gasteiger partial charge is 0.125 e. The highest BCUT2D eigenvalue weighted by Gasteiger charge is 2.19. The average Bonchev–Trinajstić information content (AvgIpc) is 2.88. The van der Waals surface area contributed by atoms with E-state index in [1.807, 2.05) is 12.1 Å². The summed E-state index contributed by atoms with van der Waals surface area (Å²) in [4.78, 5) is 0. The lowest BCUT2D eigenvalue weighted by Crippen LogP contribution is -2.23. The molecule has 1 heterocycles. The van der Waals surface area contributed by atoms with Crippen molar-refractivity contribution in [2.24, 2.45) is 0 Å². The fourth-order valence-electron chi connectivity index (χ4n) is 1.84. The first-order chi connectivity index (χ1) is 8.72. The number of halogens is 2. The van der Waals surface area contributed by atoms with E-state index in [-0.39, 0.29) is 11.9 Å². The molecule has 1 atom stereocenters. The van der Waals surface area contributed by atoms with Crippen LogP contribution in [0.2, 0.25) is 0 Å². The van der Waals surface area contributed by atoms with Crippen molar-refractivity contribution in [1.82, 2.24) is 5.32 Å². The highest BCUT2D eigenvalue weighted by molar-refractivity contribution is 9.10. The van der Waals surface area contributed by atoms with Crippen molar-refractivity contribution >= 4 is 15.9 Å². The zero-order valence-electron chi connectivity index (χ0n) is 10.1. The third kappa shape index (κ3) is 3.00. The van der Waals surface area contributed by atoms with E-state index >= 15 is 0 Å². The summed E-state index contributed by atoms with van der Waals surface area (Å²) in [6, 6.07) is 8.28. The Morgan fingerprint density at radius 1 is 1.39 bits per heavy atom. The topological polar surface area (TPSA) is 25.2 Å². The molecule has 0 aliphatic carbocycles. The lowest BCUT2D eigenvalue weighted by atomic mass is 10.0. The second-order valence-electron chi connectivity index (χ2n) is 4.07. The third-order valence-corrected chi connectivity index (χ3v) is 3.42. The van der Waals surface area contributed by atoms with Gasteiger partial charge < -0.3 is 9.73 Å². The molecule has 2 aromatic rings. The molecule has 0 spiro atoms. The van der Waals surface area contributed by atoms with Gasteiger partial charge in [0.15, 0.2) is 0 Å². The van der Waals surface area contributed by atoms with Crippen LogP contribution in [0.15, 0.2) is 45.5 Å². The van der Waals surface area contributed by atoms with E-state index in [2.05, 4.69) is 28.2 Å². The summed E-state index contributed by atoms with van der Waals surface area (Å²) in [5, 5.41) is 3.37. The van der Waals surface area contributed by atoms with Gasteiger partial charge >= 0.3 is 0 Å². The van der Waals surface area contributed by atoms with Gasteiger partial charge in [-0.05, 0) is 48.9 Å². The van der Waals surface area contributed by atoms with Gasteiger partial charge in [0.25, 0.3) is 0 Å². The summed E-state index contributed by atoms with van der Waals surface area (Å²) >= 11 is 3.46. The minimum Gasteiger partial charge on any atom is -0.467 e. The fourth-order valence-corrected chi connectivity index (χ4v) is 2.32. The number of nitrogens with one attached hydrogen (secondary N) is 1. The number of hydrogen-bond acceptors (Lipinski definition) is 2. The molecule has 1 aromatic heterocycles. The van der Waals surface area contributed by atoms with Gasteiger partial charge in [-0.2, -0.15) is 0 Å². The minimum atomic E-state index is -0.247. The van der Waals surface area contributed by atoms with Crippen molar-refractivity contribution in [2.45, 2.75) is 19.4 Å². The molecule has 4 heteroatoms. The molecule has 0 saturated heterocycles. The van der Waals surface area contributed by atoms with E-state index in [1.54, 1.807) is 12.3 Å². The van der Waals surface area contributed by atoms with E-state index in [4.69, 9.17) is 4.42 Å². The Hall–Kier alpha value is -1.13. The molecular formula is C14H15BrFNO. The normalized spacial score (nSPS) is 12.6. The number of furan rings is 1. The van der Waals surface area contributed by atoms with Crippen molar-refractivity contribution in [3.8, 4) is 0 Å². The molecule has 1 aromatic carbocycles. The summed E-state index contributed by atoms with van der Waals surface area (Å²) in [6.45, 7) is 2.93. The summed E-state index contributed by atoms with van der Waals surface area (Å²) < 4.78 is 19.7. The Morgan fingerprint density at radius 3 is 2.89 bits per heavy atom. The second-order valence-corrected chi connectivity index (χ2v) is 4.92. The first-order valence-corrected chi connectivity index (χ1v) is 6.73. The molecule has 2 rings (SSSR count). The van der Waals surface area contributed by atoms with Gasteiger partial charge in [0.05, 0.1) is 12.3 Å². The molecule has 1 N–H and O–H groups in total. The molecule has 0 amide bonds. The molecule has 2 nitrogen and oxygen atoms in total. The summed E-state index contributed by atoms with van der Waals surface area (Å²) in [5.41, 5.74) is 0.846. The largest absolute Gasteiger partial charge is 0.467 e. The third-order valence-electron chi connectivity index (χ3n) is 2.70. The number of hydrogen-bond donors (Lipinski definition) is 1. The molecular weight excluding hydrogens is 297 g/mol. The fraction of sp³-hybridized carbons (Fsp3) is 0.286. The molecule has 1 unspecified atom stereocenters. The zero-order chi connectivity index (χ0) is 13.0. The Bertz CT molecular complexity index is 499. The van der Waals surface area contributed by atoms with Crippen LogP contribution >= 0.6 is 15.9 Å². The van der Waals surface area contributed by atoms with Crippen LogP contribution in [0.5, 0.6) is 0 Å². The predicted molar refractivity (Wildman–Crippen MR) is 72.9 cm³/mol. The first kappa shape index (κ1) is 13.3. The van der Waals surface area contributed by atoms with Crippen LogP contribution in [-0.4, -0.2) is 6.54 Å². The van der Waals surface area contributed by atoms with E-state index in [0.29, 0.717) is 0 Å². The molecule has 0 aliphatic rings. The second kappa shape index (κ2) is 6.16. The lowest BCUT2D eigenvalue weighted by Gasteiger charge is -2.18. The van der Waals surface area contributed by atoms with Crippen molar-refractivity contribution in [3.63, 3.8) is 0 Å². The lowest BCUT2D eigenvalue weighted by molar-refractivity contribution is 0.445. The maximum absolute atomic E-state index is 13.4. The summed E-state index contributed by atoms with van der Waals surface area (Å²) in [7, 11) is 0. The Balaban J connectivity index is 2.36. The van der Waals surface area contributed by atoms with Crippen LogP contribution in [0.1, 0.15) is 30.7 Å². The molecule has 0 radical (unpaired) electrons. The number of rotatable bonds is 5. The average molecular weight is 312 g/mol. The molecule has 0 fully saturated rings. The first-order valence-electron chi connectivity index (χ1n) is 5.94. The number of benzene rings is 1. The van der Waals surface area contributed by atoms with E-state index in [1.165, 1.54) is 12.1 Å². The van der Waals surface area contributed by atoms with Gasteiger partial charge in [-0.3, -0.25) is 0 Å². The van der Waals surface area contributed by atoms with Gasteiger partial charge in [0.1, 0.15) is 11.6 Å². The molecule has 96 valence electrons. The van der Waals surface area contributed by atoms with Crippen LogP contribution < -0.4 is 5.32 Å². The van der Waals surface area contributed by atoms with Gasteiger partial charge in [-0.1, -0.05) is 22.9 Å².